The summed E-state index contributed by atoms with van der Waals surface area (Å²) in [6, 6.07) is 17.3. The molecule has 0 unspecified atom stereocenters. The number of rotatable bonds is 10. The van der Waals surface area contributed by atoms with Crippen LogP contribution in [-0.4, -0.2) is 36.6 Å². The molecule has 2 aromatic rings. The van der Waals surface area contributed by atoms with Gasteiger partial charge in [-0.25, -0.2) is 0 Å². The molecule has 1 atom stereocenters. The molecule has 0 saturated heterocycles. The Balaban J connectivity index is 1.77. The Kier molecular flexibility index (Phi) is 6.98. The van der Waals surface area contributed by atoms with Gasteiger partial charge in [0.25, 0.3) is 0 Å². The van der Waals surface area contributed by atoms with Gasteiger partial charge in [0.05, 0.1) is 19.1 Å². The molecule has 0 heterocycles. The quantitative estimate of drug-likeness (QED) is 0.702. The van der Waals surface area contributed by atoms with Crippen molar-refractivity contribution in [3.63, 3.8) is 0 Å². The first-order valence-electron chi connectivity index (χ1n) is 7.80. The second-order valence-corrected chi connectivity index (χ2v) is 5.30. The van der Waals surface area contributed by atoms with Crippen LogP contribution in [0, 0.1) is 0 Å². The van der Waals surface area contributed by atoms with Gasteiger partial charge in [-0.1, -0.05) is 42.5 Å². The van der Waals surface area contributed by atoms with Gasteiger partial charge in [0.1, 0.15) is 5.75 Å². The lowest BCUT2D eigenvalue weighted by Gasteiger charge is -2.12. The highest BCUT2D eigenvalue weighted by Crippen LogP contribution is 2.22. The van der Waals surface area contributed by atoms with Crippen molar-refractivity contribution < 1.29 is 19.4 Å². The van der Waals surface area contributed by atoms with Crippen LogP contribution in [0.3, 0.4) is 0 Å². The third kappa shape index (κ3) is 5.85. The third-order valence-corrected chi connectivity index (χ3v) is 3.51. The maximum absolute atomic E-state index is 10.8. The van der Waals surface area contributed by atoms with E-state index in [0.29, 0.717) is 13.0 Å². The third-order valence-electron chi connectivity index (χ3n) is 3.51. The molecule has 0 aliphatic rings. The van der Waals surface area contributed by atoms with Gasteiger partial charge in [0.2, 0.25) is 6.29 Å². The van der Waals surface area contributed by atoms with Crippen LogP contribution in [0.15, 0.2) is 54.6 Å². The van der Waals surface area contributed by atoms with Crippen LogP contribution in [0.2, 0.25) is 0 Å². The van der Waals surface area contributed by atoms with Gasteiger partial charge >= 0.3 is 5.97 Å². The normalized spacial score (nSPS) is 11.7. The largest absolute Gasteiger partial charge is 0.494 e. The number of nitrogens with one attached hydrogen (secondary N) is 1. The van der Waals surface area contributed by atoms with E-state index in [9.17, 15) is 9.59 Å². The minimum atomic E-state index is -0.901. The van der Waals surface area contributed by atoms with Crippen molar-refractivity contribution in [2.75, 3.05) is 13.2 Å². The first-order chi connectivity index (χ1) is 11.7. The van der Waals surface area contributed by atoms with Crippen molar-refractivity contribution in [3.8, 4) is 16.9 Å². The number of ether oxygens (including phenoxy) is 1. The Hall–Kier alpha value is -2.66. The van der Waals surface area contributed by atoms with Crippen LogP contribution >= 0.6 is 0 Å². The lowest BCUT2D eigenvalue weighted by Crippen LogP contribution is -2.33. The van der Waals surface area contributed by atoms with E-state index in [1.165, 1.54) is 0 Å². The fraction of sp³-hybridized carbons (Fsp3) is 0.263. The van der Waals surface area contributed by atoms with Gasteiger partial charge in [-0.3, -0.25) is 9.59 Å². The van der Waals surface area contributed by atoms with Crippen molar-refractivity contribution in [2.24, 2.45) is 0 Å². The van der Waals surface area contributed by atoms with Crippen molar-refractivity contribution in [1.29, 1.82) is 0 Å². The van der Waals surface area contributed by atoms with Crippen LogP contribution in [0.1, 0.15) is 12.8 Å². The van der Waals surface area contributed by atoms with Gasteiger partial charge < -0.3 is 15.2 Å². The highest BCUT2D eigenvalue weighted by atomic mass is 16.5. The summed E-state index contributed by atoms with van der Waals surface area (Å²) in [6.07, 6.45) is 2.26. The van der Waals surface area contributed by atoms with Crippen LogP contribution in [0.5, 0.6) is 5.75 Å². The summed E-state index contributed by atoms with van der Waals surface area (Å²) in [6.45, 7) is 0.589. The molecule has 1 radical (unpaired) electrons. The second kappa shape index (κ2) is 9.47. The van der Waals surface area contributed by atoms with Gasteiger partial charge in [0.15, 0.2) is 0 Å². The number of carbonyl (C=O) groups excluding carboxylic acids is 1. The van der Waals surface area contributed by atoms with Gasteiger partial charge in [0, 0.05) is 13.0 Å². The zero-order chi connectivity index (χ0) is 17.2. The molecule has 2 aromatic carbocycles. The Morgan fingerprint density at radius 1 is 1.08 bits per heavy atom. The zero-order valence-electron chi connectivity index (χ0n) is 13.3. The molecule has 0 aliphatic heterocycles. The van der Waals surface area contributed by atoms with E-state index >= 15 is 0 Å². The van der Waals surface area contributed by atoms with E-state index < -0.39 is 12.0 Å². The molecule has 2 rings (SSSR count). The molecule has 0 spiro atoms. The van der Waals surface area contributed by atoms with Gasteiger partial charge in [-0.15, -0.1) is 0 Å². The summed E-state index contributed by atoms with van der Waals surface area (Å²) < 4.78 is 5.62. The smallest absolute Gasteiger partial charge is 0.304 e. The summed E-state index contributed by atoms with van der Waals surface area (Å²) in [5, 5.41) is 11.4. The lowest BCUT2D eigenvalue weighted by molar-refractivity contribution is -0.136. The van der Waals surface area contributed by atoms with Crippen molar-refractivity contribution >= 4 is 12.3 Å². The van der Waals surface area contributed by atoms with Crippen LogP contribution < -0.4 is 10.1 Å². The van der Waals surface area contributed by atoms with E-state index in [-0.39, 0.29) is 13.0 Å². The van der Waals surface area contributed by atoms with Crippen molar-refractivity contribution in [2.45, 2.75) is 18.9 Å². The number of hydrogen-bond acceptors (Lipinski definition) is 4. The Morgan fingerprint density at radius 3 is 2.38 bits per heavy atom. The highest BCUT2D eigenvalue weighted by molar-refractivity contribution is 5.67. The van der Waals surface area contributed by atoms with Gasteiger partial charge in [-0.2, -0.15) is 0 Å². The van der Waals surface area contributed by atoms with E-state index in [0.717, 1.165) is 16.9 Å². The number of carboxylic acids is 1. The average Bonchev–Trinajstić information content (AvgIpc) is 2.61. The Bertz CT molecular complexity index is 640. The number of benzene rings is 2. The fourth-order valence-corrected chi connectivity index (χ4v) is 2.22. The summed E-state index contributed by atoms with van der Waals surface area (Å²) in [5.74, 6) is -0.174. The first kappa shape index (κ1) is 17.7. The van der Waals surface area contributed by atoms with E-state index in [4.69, 9.17) is 9.84 Å². The molecule has 0 aliphatic carbocycles. The average molecular weight is 326 g/mol. The molecule has 5 heteroatoms. The molecule has 0 saturated carbocycles. The molecule has 125 valence electrons. The van der Waals surface area contributed by atoms with Crippen LogP contribution in [0.25, 0.3) is 11.1 Å². The first-order valence-corrected chi connectivity index (χ1v) is 7.80. The number of aliphatic carboxylic acids is 1. The SMILES string of the molecule is O=[C][C@@H](CCOc1ccc(-c2ccccc2)cc1)NCCC(=O)O. The minimum Gasteiger partial charge on any atom is -0.494 e. The fourth-order valence-electron chi connectivity index (χ4n) is 2.22. The Morgan fingerprint density at radius 2 is 1.75 bits per heavy atom. The summed E-state index contributed by atoms with van der Waals surface area (Å²) in [4.78, 5) is 21.3. The number of carbonyl (C=O) groups is 1. The highest BCUT2D eigenvalue weighted by Gasteiger charge is 2.09. The topological polar surface area (TPSA) is 75.6 Å². The number of hydrogen-bond donors (Lipinski definition) is 2. The summed E-state index contributed by atoms with van der Waals surface area (Å²) >= 11 is 0. The maximum Gasteiger partial charge on any atom is 0.304 e. The van der Waals surface area contributed by atoms with Gasteiger partial charge in [-0.05, 0) is 23.3 Å². The Labute approximate surface area is 141 Å². The summed E-state index contributed by atoms with van der Waals surface area (Å²) in [5.41, 5.74) is 2.25. The number of carboxylic acid groups (broad SMARTS) is 1. The van der Waals surface area contributed by atoms with Crippen LogP contribution in [-0.2, 0) is 9.59 Å². The molecule has 5 nitrogen and oxygen atoms in total. The predicted octanol–water partition coefficient (Wildman–Crippen LogP) is 2.67. The molecule has 0 aromatic heterocycles. The van der Waals surface area contributed by atoms with Crippen molar-refractivity contribution in [1.82, 2.24) is 5.32 Å². The molecule has 2 N–H and O–H groups in total. The molecule has 0 fully saturated rings. The second-order valence-electron chi connectivity index (χ2n) is 5.30. The minimum absolute atomic E-state index is 0.0278. The molecular formula is C19H20NO4. The van der Waals surface area contributed by atoms with E-state index in [2.05, 4.69) is 5.32 Å². The monoisotopic (exact) mass is 326 g/mol. The lowest BCUT2D eigenvalue weighted by atomic mass is 10.1. The molecule has 0 bridgehead atoms. The standard InChI is InChI=1S/C19H20NO4/c21-14-17(20-12-10-19(22)23)11-13-24-18-8-6-16(7-9-18)15-4-2-1-3-5-15/h1-9,17,20H,10-13H2,(H,22,23)/t17-/m1/s1. The molecule has 0 amide bonds. The summed E-state index contributed by atoms with van der Waals surface area (Å²) in [7, 11) is 0. The predicted molar refractivity (Wildman–Crippen MR) is 91.7 cm³/mol. The molecule has 24 heavy (non-hydrogen) atoms. The van der Waals surface area contributed by atoms with E-state index in [1.54, 1.807) is 0 Å². The zero-order valence-corrected chi connectivity index (χ0v) is 13.3. The molecular weight excluding hydrogens is 306 g/mol. The maximum atomic E-state index is 10.8. The van der Waals surface area contributed by atoms with Crippen LogP contribution in [0.4, 0.5) is 0 Å². The van der Waals surface area contributed by atoms with E-state index in [1.807, 2.05) is 60.9 Å². The van der Waals surface area contributed by atoms with Crippen molar-refractivity contribution in [3.05, 3.63) is 54.6 Å².